The first-order chi connectivity index (χ1) is 9.20. The van der Waals surface area contributed by atoms with Crippen LogP contribution in [-0.2, 0) is 6.54 Å². The molecule has 0 unspecified atom stereocenters. The van der Waals surface area contributed by atoms with Crippen molar-refractivity contribution in [2.75, 3.05) is 0 Å². The highest BCUT2D eigenvalue weighted by Crippen LogP contribution is 2.13. The lowest BCUT2D eigenvalue weighted by Gasteiger charge is -2.13. The van der Waals surface area contributed by atoms with E-state index in [0.29, 0.717) is 17.7 Å². The highest BCUT2D eigenvalue weighted by atomic mass is 19.1. The van der Waals surface area contributed by atoms with Gasteiger partial charge in [0.25, 0.3) is 0 Å². The Hall–Kier alpha value is -2.25. The van der Waals surface area contributed by atoms with Gasteiger partial charge in [0.1, 0.15) is 5.82 Å². The quantitative estimate of drug-likeness (QED) is 0.913. The van der Waals surface area contributed by atoms with Crippen LogP contribution in [0.1, 0.15) is 29.8 Å². The lowest BCUT2D eigenvalue weighted by atomic mass is 10.1. The fourth-order valence-electron chi connectivity index (χ4n) is 1.82. The van der Waals surface area contributed by atoms with Crippen molar-refractivity contribution >= 4 is 0 Å². The first-order valence-electron chi connectivity index (χ1n) is 6.03. The van der Waals surface area contributed by atoms with Crippen molar-refractivity contribution in [3.63, 3.8) is 0 Å². The Morgan fingerprint density at radius 3 is 2.89 bits per heavy atom. The molecule has 1 N–H and O–H groups in total. The monoisotopic (exact) mass is 255 g/mol. The molecule has 1 heterocycles. The fourth-order valence-corrected chi connectivity index (χ4v) is 1.82. The topological polar surface area (TPSA) is 48.7 Å². The van der Waals surface area contributed by atoms with Gasteiger partial charge in [-0.05, 0) is 42.8 Å². The lowest BCUT2D eigenvalue weighted by Crippen LogP contribution is -2.19. The van der Waals surface area contributed by atoms with Crippen LogP contribution in [0.15, 0.2) is 42.6 Å². The van der Waals surface area contributed by atoms with E-state index < -0.39 is 0 Å². The summed E-state index contributed by atoms with van der Waals surface area (Å²) in [4.78, 5) is 4.25. The summed E-state index contributed by atoms with van der Waals surface area (Å²) in [5, 5.41) is 12.2. The second kappa shape index (κ2) is 6.07. The average molecular weight is 255 g/mol. The number of nitrogens with zero attached hydrogens (tertiary/aromatic N) is 2. The molecular formula is C15H14FN3. The maximum atomic E-state index is 13.2. The van der Waals surface area contributed by atoms with Crippen molar-refractivity contribution in [3.8, 4) is 6.07 Å². The molecule has 1 atom stereocenters. The summed E-state index contributed by atoms with van der Waals surface area (Å²) in [5.41, 5.74) is 2.06. The number of pyridine rings is 1. The van der Waals surface area contributed by atoms with Gasteiger partial charge in [0, 0.05) is 18.8 Å². The second-order valence-corrected chi connectivity index (χ2v) is 4.27. The molecule has 2 aromatic rings. The van der Waals surface area contributed by atoms with Crippen molar-refractivity contribution in [2.45, 2.75) is 19.5 Å². The molecular weight excluding hydrogens is 241 g/mol. The predicted molar refractivity (Wildman–Crippen MR) is 70.6 cm³/mol. The van der Waals surface area contributed by atoms with E-state index in [1.54, 1.807) is 6.20 Å². The lowest BCUT2D eigenvalue weighted by molar-refractivity contribution is 0.557. The summed E-state index contributed by atoms with van der Waals surface area (Å²) in [7, 11) is 0. The minimum absolute atomic E-state index is 0.0380. The standard InChI is InChI=1S/C15H14FN3/c1-11(15-4-2-3-7-18-15)19-10-13-8-14(16)6-5-12(13)9-17/h2-8,11,19H,10H2,1H3/t11-/m0/s1. The van der Waals surface area contributed by atoms with Crippen LogP contribution in [0, 0.1) is 17.1 Å². The van der Waals surface area contributed by atoms with Gasteiger partial charge >= 0.3 is 0 Å². The smallest absolute Gasteiger partial charge is 0.123 e. The van der Waals surface area contributed by atoms with E-state index in [1.165, 1.54) is 18.2 Å². The van der Waals surface area contributed by atoms with Gasteiger partial charge in [-0.15, -0.1) is 0 Å². The maximum absolute atomic E-state index is 13.2. The molecule has 19 heavy (non-hydrogen) atoms. The van der Waals surface area contributed by atoms with Crippen LogP contribution in [-0.4, -0.2) is 4.98 Å². The molecule has 1 aromatic carbocycles. The van der Waals surface area contributed by atoms with Gasteiger partial charge in [0.2, 0.25) is 0 Å². The van der Waals surface area contributed by atoms with Gasteiger partial charge in [-0.1, -0.05) is 6.07 Å². The third-order valence-corrected chi connectivity index (χ3v) is 2.92. The Morgan fingerprint density at radius 1 is 1.37 bits per heavy atom. The van der Waals surface area contributed by atoms with Gasteiger partial charge in [0.05, 0.1) is 17.3 Å². The Bertz CT molecular complexity index is 590. The summed E-state index contributed by atoms with van der Waals surface area (Å²) in [6.07, 6.45) is 1.73. The van der Waals surface area contributed by atoms with Crippen LogP contribution in [0.4, 0.5) is 4.39 Å². The third-order valence-electron chi connectivity index (χ3n) is 2.92. The molecule has 0 amide bonds. The van der Waals surface area contributed by atoms with Gasteiger partial charge in [-0.25, -0.2) is 4.39 Å². The fraction of sp³-hybridized carbons (Fsp3) is 0.200. The Labute approximate surface area is 111 Å². The molecule has 0 aliphatic rings. The Kier molecular flexibility index (Phi) is 4.22. The zero-order valence-corrected chi connectivity index (χ0v) is 10.6. The van der Waals surface area contributed by atoms with Crippen molar-refractivity contribution in [2.24, 2.45) is 0 Å². The first kappa shape index (κ1) is 13.2. The number of halogens is 1. The number of nitrogens with one attached hydrogen (secondary N) is 1. The molecule has 3 nitrogen and oxygen atoms in total. The molecule has 0 radical (unpaired) electrons. The van der Waals surface area contributed by atoms with Crippen molar-refractivity contribution < 1.29 is 4.39 Å². The summed E-state index contributed by atoms with van der Waals surface area (Å²) in [5.74, 6) is -0.332. The van der Waals surface area contributed by atoms with E-state index in [0.717, 1.165) is 5.69 Å². The molecule has 0 spiro atoms. The summed E-state index contributed by atoms with van der Waals surface area (Å²) in [6.45, 7) is 2.41. The van der Waals surface area contributed by atoms with E-state index in [-0.39, 0.29) is 11.9 Å². The SMILES string of the molecule is C[C@H](NCc1cc(F)ccc1C#N)c1ccccn1. The Balaban J connectivity index is 2.07. The zero-order valence-electron chi connectivity index (χ0n) is 10.6. The van der Waals surface area contributed by atoms with Crippen LogP contribution in [0.5, 0.6) is 0 Å². The Morgan fingerprint density at radius 2 is 2.21 bits per heavy atom. The molecule has 0 saturated carbocycles. The first-order valence-corrected chi connectivity index (χ1v) is 6.03. The van der Waals surface area contributed by atoms with Crippen LogP contribution < -0.4 is 5.32 Å². The molecule has 1 aromatic heterocycles. The largest absolute Gasteiger partial charge is 0.305 e. The molecule has 4 heteroatoms. The highest BCUT2D eigenvalue weighted by molar-refractivity contribution is 5.37. The van der Waals surface area contributed by atoms with Crippen LogP contribution in [0.3, 0.4) is 0 Å². The van der Waals surface area contributed by atoms with E-state index in [4.69, 9.17) is 5.26 Å². The molecule has 96 valence electrons. The molecule has 0 aliphatic carbocycles. The van der Waals surface area contributed by atoms with E-state index in [9.17, 15) is 4.39 Å². The normalized spacial score (nSPS) is 11.8. The maximum Gasteiger partial charge on any atom is 0.123 e. The van der Waals surface area contributed by atoms with Gasteiger partial charge < -0.3 is 5.32 Å². The number of nitriles is 1. The summed E-state index contributed by atoms with van der Waals surface area (Å²) < 4.78 is 13.2. The van der Waals surface area contributed by atoms with Crippen LogP contribution in [0.25, 0.3) is 0 Å². The summed E-state index contributed by atoms with van der Waals surface area (Å²) in [6, 6.07) is 12.0. The second-order valence-electron chi connectivity index (χ2n) is 4.27. The number of rotatable bonds is 4. The van der Waals surface area contributed by atoms with Crippen LogP contribution >= 0.6 is 0 Å². The number of hydrogen-bond acceptors (Lipinski definition) is 3. The van der Waals surface area contributed by atoms with Crippen LogP contribution in [0.2, 0.25) is 0 Å². The minimum atomic E-state index is -0.332. The van der Waals surface area contributed by atoms with Gasteiger partial charge in [-0.3, -0.25) is 4.98 Å². The number of benzene rings is 1. The minimum Gasteiger partial charge on any atom is -0.305 e. The predicted octanol–water partition coefficient (Wildman–Crippen LogP) is 2.94. The number of hydrogen-bond donors (Lipinski definition) is 1. The van der Waals surface area contributed by atoms with E-state index >= 15 is 0 Å². The van der Waals surface area contributed by atoms with Gasteiger partial charge in [-0.2, -0.15) is 5.26 Å². The van der Waals surface area contributed by atoms with E-state index in [2.05, 4.69) is 16.4 Å². The molecule has 2 rings (SSSR count). The zero-order chi connectivity index (χ0) is 13.7. The number of aromatic nitrogens is 1. The van der Waals surface area contributed by atoms with E-state index in [1.807, 2.05) is 25.1 Å². The molecule has 0 saturated heterocycles. The molecule has 0 bridgehead atoms. The highest BCUT2D eigenvalue weighted by Gasteiger charge is 2.08. The average Bonchev–Trinajstić information content (AvgIpc) is 2.46. The molecule has 0 aliphatic heterocycles. The molecule has 0 fully saturated rings. The van der Waals surface area contributed by atoms with Gasteiger partial charge in [0.15, 0.2) is 0 Å². The van der Waals surface area contributed by atoms with Crippen molar-refractivity contribution in [1.82, 2.24) is 10.3 Å². The third kappa shape index (κ3) is 3.36. The summed E-state index contributed by atoms with van der Waals surface area (Å²) >= 11 is 0. The van der Waals surface area contributed by atoms with Crippen molar-refractivity contribution in [1.29, 1.82) is 5.26 Å². The van der Waals surface area contributed by atoms with Crippen molar-refractivity contribution in [3.05, 3.63) is 65.2 Å².